The number of carboxylic acids is 2. The second-order valence-corrected chi connectivity index (χ2v) is 4.66. The van der Waals surface area contributed by atoms with E-state index in [0.29, 0.717) is 12.8 Å². The highest BCUT2D eigenvalue weighted by Gasteiger charge is 1.98. The number of aliphatic carboxylic acids is 2. The molecular weight excluding hydrogens is 252 g/mol. The molecule has 0 saturated carbocycles. The van der Waals surface area contributed by atoms with Gasteiger partial charge in [0.1, 0.15) is 0 Å². The fourth-order valence-corrected chi connectivity index (χ4v) is 1.76. The summed E-state index contributed by atoms with van der Waals surface area (Å²) in [7, 11) is 0. The number of hydrogen-bond donors (Lipinski definition) is 2. The Morgan fingerprint density at radius 2 is 1.17 bits per heavy atom. The van der Waals surface area contributed by atoms with Crippen LogP contribution in [-0.4, -0.2) is 22.2 Å². The number of carboxylic acid groups (broad SMARTS) is 2. The van der Waals surface area contributed by atoms with Crippen LogP contribution in [0.25, 0.3) is 0 Å². The molecule has 0 amide bonds. The fraction of sp³-hybridized carbons (Fsp3) is 0.538. The molecule has 0 bridgehead atoms. The van der Waals surface area contributed by atoms with Gasteiger partial charge in [-0.05, 0) is 23.6 Å². The van der Waals surface area contributed by atoms with Gasteiger partial charge in [-0.25, -0.2) is 0 Å². The normalized spacial score (nSPS) is 9.33. The van der Waals surface area contributed by atoms with Crippen molar-refractivity contribution < 1.29 is 19.8 Å². The Kier molecular flexibility index (Phi) is 11.2. The lowest BCUT2D eigenvalue weighted by molar-refractivity contribution is -0.138. The summed E-state index contributed by atoms with van der Waals surface area (Å²) >= 11 is 1.71. The number of carbonyl (C=O) groups is 2. The topological polar surface area (TPSA) is 74.6 Å². The minimum absolute atomic E-state index is 0.221. The Labute approximate surface area is 111 Å². The molecule has 0 saturated heterocycles. The summed E-state index contributed by atoms with van der Waals surface area (Å²) in [6.07, 6.45) is 4.53. The van der Waals surface area contributed by atoms with Gasteiger partial charge in [0, 0.05) is 12.8 Å². The van der Waals surface area contributed by atoms with Gasteiger partial charge in [0.05, 0.1) is 0 Å². The van der Waals surface area contributed by atoms with Crippen LogP contribution in [0.4, 0.5) is 0 Å². The molecule has 18 heavy (non-hydrogen) atoms. The van der Waals surface area contributed by atoms with Gasteiger partial charge in [-0.3, -0.25) is 9.59 Å². The third-order valence-electron chi connectivity index (χ3n) is 2.21. The van der Waals surface area contributed by atoms with E-state index in [4.69, 9.17) is 10.2 Å². The maximum absolute atomic E-state index is 10.1. The molecule has 2 N–H and O–H groups in total. The first-order chi connectivity index (χ1) is 8.63. The van der Waals surface area contributed by atoms with E-state index in [9.17, 15) is 9.59 Å². The molecule has 0 spiro atoms. The molecule has 1 rings (SSSR count). The van der Waals surface area contributed by atoms with Gasteiger partial charge >= 0.3 is 11.9 Å². The van der Waals surface area contributed by atoms with Crippen molar-refractivity contribution in [3.8, 4) is 0 Å². The summed E-state index contributed by atoms with van der Waals surface area (Å²) in [4.78, 5) is 20.2. The first kappa shape index (κ1) is 16.6. The Morgan fingerprint density at radius 1 is 0.778 bits per heavy atom. The molecule has 1 heterocycles. The second kappa shape index (κ2) is 12.1. The average molecular weight is 272 g/mol. The highest BCUT2D eigenvalue weighted by Crippen LogP contribution is 2.06. The van der Waals surface area contributed by atoms with E-state index < -0.39 is 11.9 Å². The number of hydrogen-bond acceptors (Lipinski definition) is 3. The summed E-state index contributed by atoms with van der Waals surface area (Å²) in [5.74, 6) is -1.52. The summed E-state index contributed by atoms with van der Waals surface area (Å²) < 4.78 is 0. The van der Waals surface area contributed by atoms with Gasteiger partial charge < -0.3 is 10.2 Å². The summed E-state index contributed by atoms with van der Waals surface area (Å²) in [6.45, 7) is 0. The Bertz CT molecular complexity index is 274. The largest absolute Gasteiger partial charge is 0.481 e. The smallest absolute Gasteiger partial charge is 0.303 e. The van der Waals surface area contributed by atoms with E-state index >= 15 is 0 Å². The van der Waals surface area contributed by atoms with Crippen LogP contribution in [0.2, 0.25) is 0 Å². The zero-order chi connectivity index (χ0) is 13.6. The molecule has 0 fully saturated rings. The molecule has 1 aromatic rings. The molecule has 0 aliphatic carbocycles. The Morgan fingerprint density at radius 3 is 1.44 bits per heavy atom. The maximum atomic E-state index is 10.1. The van der Waals surface area contributed by atoms with Crippen LogP contribution >= 0.6 is 11.3 Å². The molecule has 0 radical (unpaired) electrons. The van der Waals surface area contributed by atoms with Crippen LogP contribution in [0.5, 0.6) is 0 Å². The van der Waals surface area contributed by atoms with Crippen molar-refractivity contribution in [3.63, 3.8) is 0 Å². The predicted molar refractivity (Wildman–Crippen MR) is 71.9 cm³/mol. The fourth-order valence-electron chi connectivity index (χ4n) is 1.31. The van der Waals surface area contributed by atoms with E-state index in [2.05, 4.69) is 0 Å². The lowest BCUT2D eigenvalue weighted by atomic mass is 10.1. The van der Waals surface area contributed by atoms with Gasteiger partial charge in [-0.2, -0.15) is 11.3 Å². The number of unbranched alkanes of at least 4 members (excludes halogenated alkanes) is 4. The molecule has 0 aliphatic heterocycles. The van der Waals surface area contributed by atoms with Crippen LogP contribution in [0.3, 0.4) is 0 Å². The van der Waals surface area contributed by atoms with E-state index in [1.807, 2.05) is 22.9 Å². The lowest BCUT2D eigenvalue weighted by Crippen LogP contribution is -1.95. The van der Waals surface area contributed by atoms with Crippen molar-refractivity contribution in [2.24, 2.45) is 0 Å². The van der Waals surface area contributed by atoms with Crippen LogP contribution < -0.4 is 0 Å². The first-order valence-electron chi connectivity index (χ1n) is 6.03. The van der Waals surface area contributed by atoms with Gasteiger partial charge in [0.2, 0.25) is 0 Å². The van der Waals surface area contributed by atoms with Crippen molar-refractivity contribution >= 4 is 23.3 Å². The van der Waals surface area contributed by atoms with Crippen molar-refractivity contribution in [2.75, 3.05) is 0 Å². The monoisotopic (exact) mass is 272 g/mol. The van der Waals surface area contributed by atoms with Crippen LogP contribution in [-0.2, 0) is 9.59 Å². The third-order valence-corrected chi connectivity index (χ3v) is 2.84. The zero-order valence-corrected chi connectivity index (χ0v) is 11.2. The average Bonchev–Trinajstić information content (AvgIpc) is 2.85. The minimum atomic E-state index is -0.759. The van der Waals surface area contributed by atoms with Crippen LogP contribution in [0, 0.1) is 0 Å². The maximum Gasteiger partial charge on any atom is 0.303 e. The summed E-state index contributed by atoms with van der Waals surface area (Å²) in [6, 6.07) is 4.04. The summed E-state index contributed by atoms with van der Waals surface area (Å²) in [5, 5.41) is 20.7. The molecule has 102 valence electrons. The second-order valence-electron chi connectivity index (χ2n) is 3.85. The zero-order valence-electron chi connectivity index (χ0n) is 10.4. The van der Waals surface area contributed by atoms with E-state index in [0.717, 1.165) is 19.3 Å². The molecule has 1 aromatic heterocycles. The highest BCUT2D eigenvalue weighted by atomic mass is 32.1. The molecule has 0 unspecified atom stereocenters. The number of thiophene rings is 1. The predicted octanol–water partition coefficient (Wildman–Crippen LogP) is 3.63. The molecule has 4 nitrogen and oxygen atoms in total. The molecular formula is C13H20O4S. The van der Waals surface area contributed by atoms with Gasteiger partial charge in [0.15, 0.2) is 0 Å². The van der Waals surface area contributed by atoms with E-state index in [1.165, 1.54) is 0 Å². The van der Waals surface area contributed by atoms with Gasteiger partial charge in [-0.15, -0.1) is 0 Å². The van der Waals surface area contributed by atoms with Crippen molar-refractivity contribution in [1.82, 2.24) is 0 Å². The quantitative estimate of drug-likeness (QED) is 0.708. The Hall–Kier alpha value is -1.36. The van der Waals surface area contributed by atoms with Crippen molar-refractivity contribution in [1.29, 1.82) is 0 Å². The first-order valence-corrected chi connectivity index (χ1v) is 6.98. The van der Waals surface area contributed by atoms with Crippen molar-refractivity contribution in [3.05, 3.63) is 22.9 Å². The SMILES string of the molecule is O=C(O)CCCCCCCC(=O)O.c1ccsc1. The molecule has 0 aromatic carbocycles. The highest BCUT2D eigenvalue weighted by molar-refractivity contribution is 7.07. The molecule has 0 atom stereocenters. The molecule has 5 heteroatoms. The minimum Gasteiger partial charge on any atom is -0.481 e. The third kappa shape index (κ3) is 14.6. The van der Waals surface area contributed by atoms with E-state index in [-0.39, 0.29) is 12.8 Å². The van der Waals surface area contributed by atoms with Crippen LogP contribution in [0.1, 0.15) is 44.9 Å². The molecule has 0 aliphatic rings. The van der Waals surface area contributed by atoms with Gasteiger partial charge in [0.25, 0.3) is 0 Å². The van der Waals surface area contributed by atoms with E-state index in [1.54, 1.807) is 11.3 Å². The Balaban J connectivity index is 0.000000473. The van der Waals surface area contributed by atoms with Crippen LogP contribution in [0.15, 0.2) is 22.9 Å². The van der Waals surface area contributed by atoms with Crippen molar-refractivity contribution in [2.45, 2.75) is 44.9 Å². The lowest BCUT2D eigenvalue weighted by Gasteiger charge is -1.97. The van der Waals surface area contributed by atoms with Gasteiger partial charge in [-0.1, -0.05) is 31.4 Å². The standard InChI is InChI=1S/C9H16O4.C4H4S/c10-8(11)6-4-2-1-3-5-7-9(12)13;1-2-4-5-3-1/h1-7H2,(H,10,11)(H,12,13);1-4H. The summed E-state index contributed by atoms with van der Waals surface area (Å²) in [5.41, 5.74) is 0. The number of rotatable bonds is 8.